The average Bonchev–Trinajstić information content (AvgIpc) is 3.24. The number of halogens is 1. The number of methoxy groups -OCH3 is 1. The highest BCUT2D eigenvalue weighted by Crippen LogP contribution is 2.27. The highest BCUT2D eigenvalue weighted by molar-refractivity contribution is 6.30. The molecular formula is C26H34ClN3O5. The van der Waals surface area contributed by atoms with Crippen molar-refractivity contribution in [1.82, 2.24) is 9.80 Å². The number of aliphatic hydroxyl groups is 1. The maximum atomic E-state index is 12.7. The van der Waals surface area contributed by atoms with Gasteiger partial charge in [-0.2, -0.15) is 0 Å². The van der Waals surface area contributed by atoms with Crippen molar-refractivity contribution < 1.29 is 24.5 Å². The second-order valence-electron chi connectivity index (χ2n) is 8.74. The second kappa shape index (κ2) is 13.6. The van der Waals surface area contributed by atoms with Crippen LogP contribution in [0.3, 0.4) is 0 Å². The predicted molar refractivity (Wildman–Crippen MR) is 136 cm³/mol. The molecule has 2 atom stereocenters. The van der Waals surface area contributed by atoms with E-state index in [1.54, 1.807) is 37.4 Å². The van der Waals surface area contributed by atoms with Gasteiger partial charge < -0.3 is 24.7 Å². The Bertz CT molecular complexity index is 936. The lowest BCUT2D eigenvalue weighted by Crippen LogP contribution is -2.49. The van der Waals surface area contributed by atoms with Crippen molar-refractivity contribution in [2.45, 2.75) is 12.5 Å². The third-order valence-corrected chi connectivity index (χ3v) is 6.61. The van der Waals surface area contributed by atoms with Crippen LogP contribution in [0.5, 0.6) is 0 Å². The Morgan fingerprint density at radius 3 is 2.26 bits per heavy atom. The van der Waals surface area contributed by atoms with E-state index in [9.17, 15) is 9.59 Å². The fraction of sp³-hybridized carbons (Fsp3) is 0.462. The largest absolute Gasteiger partial charge is 0.479 e. The Labute approximate surface area is 211 Å². The van der Waals surface area contributed by atoms with Crippen molar-refractivity contribution in [3.8, 4) is 0 Å². The first-order valence-corrected chi connectivity index (χ1v) is 12.2. The number of rotatable bonds is 8. The summed E-state index contributed by atoms with van der Waals surface area (Å²) in [4.78, 5) is 29.7. The van der Waals surface area contributed by atoms with Gasteiger partial charge in [0.2, 0.25) is 5.91 Å². The molecule has 2 aromatic rings. The van der Waals surface area contributed by atoms with Gasteiger partial charge in [0.15, 0.2) is 6.10 Å². The molecule has 8 nitrogen and oxygen atoms in total. The normalized spacial score (nSPS) is 19.8. The number of carboxylic acid groups (broad SMARTS) is 1. The van der Waals surface area contributed by atoms with Crippen LogP contribution in [-0.2, 0) is 14.3 Å². The van der Waals surface area contributed by atoms with E-state index in [4.69, 9.17) is 26.6 Å². The molecule has 4 rings (SSSR count). The summed E-state index contributed by atoms with van der Waals surface area (Å²) in [6, 6.07) is 15.8. The first kappa shape index (κ1) is 27.1. The molecule has 0 spiro atoms. The van der Waals surface area contributed by atoms with Gasteiger partial charge in [0.25, 0.3) is 0 Å². The summed E-state index contributed by atoms with van der Waals surface area (Å²) >= 11 is 5.93. The second-order valence-corrected chi connectivity index (χ2v) is 9.17. The fourth-order valence-corrected chi connectivity index (χ4v) is 4.42. The molecule has 2 aliphatic heterocycles. The third-order valence-electron chi connectivity index (χ3n) is 6.36. The van der Waals surface area contributed by atoms with Crippen LogP contribution < -0.4 is 4.90 Å². The summed E-state index contributed by atoms with van der Waals surface area (Å²) in [5.41, 5.74) is 1.36. The number of aliphatic carboxylic acids is 1. The summed E-state index contributed by atoms with van der Waals surface area (Å²) in [6.07, 6.45) is -0.470. The van der Waals surface area contributed by atoms with Gasteiger partial charge in [-0.1, -0.05) is 41.9 Å². The molecule has 2 aromatic carbocycles. The van der Waals surface area contributed by atoms with E-state index in [0.717, 1.165) is 64.5 Å². The quantitative estimate of drug-likeness (QED) is 0.572. The van der Waals surface area contributed by atoms with E-state index < -0.39 is 12.1 Å². The Morgan fingerprint density at radius 2 is 1.66 bits per heavy atom. The summed E-state index contributed by atoms with van der Waals surface area (Å²) in [7, 11) is 1.74. The Kier molecular flexibility index (Phi) is 10.5. The molecule has 1 amide bonds. The third kappa shape index (κ3) is 8.02. The molecule has 35 heavy (non-hydrogen) atoms. The number of nitrogens with zero attached hydrogens (tertiary/aromatic N) is 3. The minimum Gasteiger partial charge on any atom is -0.479 e. The Hall–Kier alpha value is -2.49. The van der Waals surface area contributed by atoms with Crippen LogP contribution in [0.1, 0.15) is 18.1 Å². The van der Waals surface area contributed by atoms with E-state index in [0.29, 0.717) is 10.6 Å². The van der Waals surface area contributed by atoms with Gasteiger partial charge in [0, 0.05) is 63.6 Å². The number of amides is 1. The van der Waals surface area contributed by atoms with Crippen molar-refractivity contribution in [2.24, 2.45) is 5.92 Å². The molecule has 0 aromatic heterocycles. The van der Waals surface area contributed by atoms with Crippen LogP contribution in [0.25, 0.3) is 0 Å². The number of hydrogen-bond donors (Lipinski definition) is 2. The summed E-state index contributed by atoms with van der Waals surface area (Å²) in [5, 5.41) is 18.1. The van der Waals surface area contributed by atoms with E-state index in [1.807, 2.05) is 29.2 Å². The van der Waals surface area contributed by atoms with Gasteiger partial charge in [-0.3, -0.25) is 9.69 Å². The minimum atomic E-state index is -1.41. The van der Waals surface area contributed by atoms with Gasteiger partial charge in [0.1, 0.15) is 0 Å². The summed E-state index contributed by atoms with van der Waals surface area (Å²) in [6.45, 7) is 7.66. The van der Waals surface area contributed by atoms with Crippen LogP contribution in [0.4, 0.5) is 5.69 Å². The molecule has 0 unspecified atom stereocenters. The van der Waals surface area contributed by atoms with E-state index in [2.05, 4.69) is 9.80 Å². The molecule has 2 N–H and O–H groups in total. The molecular weight excluding hydrogens is 470 g/mol. The average molecular weight is 504 g/mol. The number of hydrogen-bond acceptors (Lipinski definition) is 6. The van der Waals surface area contributed by atoms with Gasteiger partial charge in [0.05, 0.1) is 12.5 Å². The fourth-order valence-electron chi connectivity index (χ4n) is 4.29. The molecule has 190 valence electrons. The van der Waals surface area contributed by atoms with E-state index >= 15 is 0 Å². The van der Waals surface area contributed by atoms with Crippen LogP contribution in [0.2, 0.25) is 5.02 Å². The number of ether oxygens (including phenoxy) is 1. The van der Waals surface area contributed by atoms with Gasteiger partial charge in [-0.15, -0.1) is 0 Å². The van der Waals surface area contributed by atoms with Crippen molar-refractivity contribution in [2.75, 3.05) is 64.4 Å². The first-order chi connectivity index (χ1) is 16.9. The smallest absolute Gasteiger partial charge is 0.337 e. The number of benzene rings is 2. The maximum absolute atomic E-state index is 12.7. The van der Waals surface area contributed by atoms with Crippen LogP contribution in [0.15, 0.2) is 54.6 Å². The zero-order chi connectivity index (χ0) is 25.2. The van der Waals surface area contributed by atoms with Crippen molar-refractivity contribution >= 4 is 29.2 Å². The molecule has 2 heterocycles. The monoisotopic (exact) mass is 503 g/mol. The highest BCUT2D eigenvalue weighted by Gasteiger charge is 2.34. The lowest BCUT2D eigenvalue weighted by Gasteiger charge is -2.35. The predicted octanol–water partition coefficient (Wildman–Crippen LogP) is 2.76. The Morgan fingerprint density at radius 1 is 1.03 bits per heavy atom. The molecule has 2 fully saturated rings. The number of carbonyl (C=O) groups excluding carboxylic acids is 1. The zero-order valence-corrected chi connectivity index (χ0v) is 20.8. The van der Waals surface area contributed by atoms with Crippen LogP contribution in [-0.4, -0.2) is 91.4 Å². The molecule has 0 bridgehead atoms. The SMILES string of the molecule is COCCN1CCN(C[C@H]2CCN(c3ccc(Cl)cc3)C2=O)CC1.O=C(O)[C@H](O)c1ccccc1. The zero-order valence-electron chi connectivity index (χ0n) is 20.1. The topological polar surface area (TPSA) is 93.6 Å². The Balaban J connectivity index is 0.000000261. The van der Waals surface area contributed by atoms with Crippen molar-refractivity contribution in [3.05, 3.63) is 65.2 Å². The standard InChI is InChI=1S/C18H26ClN3O2.C8H8O3/c1-24-13-12-20-8-10-21(11-9-20)14-15-6-7-22(18(15)23)17-4-2-16(19)3-5-17;9-7(8(10)11)6-4-2-1-3-5-6/h2-5,15H,6-14H2,1H3;1-5,7,9H,(H,10,11)/t15-;7-/m11/s1. The number of piperazine rings is 1. The summed E-state index contributed by atoms with van der Waals surface area (Å²) in [5.74, 6) is -0.860. The van der Waals surface area contributed by atoms with Crippen LogP contribution in [0, 0.1) is 5.92 Å². The van der Waals surface area contributed by atoms with Gasteiger partial charge >= 0.3 is 5.97 Å². The molecule has 0 radical (unpaired) electrons. The lowest BCUT2D eigenvalue weighted by molar-refractivity contribution is -0.147. The number of anilines is 1. The lowest BCUT2D eigenvalue weighted by atomic mass is 10.1. The van der Waals surface area contributed by atoms with Crippen molar-refractivity contribution in [1.29, 1.82) is 0 Å². The maximum Gasteiger partial charge on any atom is 0.337 e. The van der Waals surface area contributed by atoms with Crippen LogP contribution >= 0.6 is 11.6 Å². The van der Waals surface area contributed by atoms with Gasteiger partial charge in [-0.05, 0) is 36.2 Å². The number of carbonyl (C=O) groups is 2. The summed E-state index contributed by atoms with van der Waals surface area (Å²) < 4.78 is 5.14. The first-order valence-electron chi connectivity index (χ1n) is 11.9. The molecule has 2 saturated heterocycles. The van der Waals surface area contributed by atoms with E-state index in [-0.39, 0.29) is 11.8 Å². The highest BCUT2D eigenvalue weighted by atomic mass is 35.5. The van der Waals surface area contributed by atoms with Crippen molar-refractivity contribution in [3.63, 3.8) is 0 Å². The van der Waals surface area contributed by atoms with E-state index in [1.165, 1.54) is 0 Å². The number of aliphatic hydroxyl groups excluding tert-OH is 1. The molecule has 2 aliphatic rings. The molecule has 9 heteroatoms. The minimum absolute atomic E-state index is 0.117. The molecule has 0 saturated carbocycles. The number of carboxylic acids is 1. The van der Waals surface area contributed by atoms with Gasteiger partial charge in [-0.25, -0.2) is 4.79 Å². The molecule has 0 aliphatic carbocycles.